The zero-order valence-corrected chi connectivity index (χ0v) is 10.9. The standard InChI is InChI=1S/C14H28N2/c1-13-6-4-5-10-16(13)11-9-15-12-14-7-2-3-8-14/h13-15H,2-12H2,1H3. The van der Waals surface area contributed by atoms with Crippen LogP contribution in [0.1, 0.15) is 51.9 Å². The molecular weight excluding hydrogens is 196 g/mol. The van der Waals surface area contributed by atoms with Crippen molar-refractivity contribution in [2.45, 2.75) is 57.9 Å². The molecule has 1 aliphatic heterocycles. The molecule has 0 spiro atoms. The second kappa shape index (κ2) is 6.61. The quantitative estimate of drug-likeness (QED) is 0.722. The summed E-state index contributed by atoms with van der Waals surface area (Å²) in [6.45, 7) is 7.43. The van der Waals surface area contributed by atoms with E-state index in [9.17, 15) is 0 Å². The lowest BCUT2D eigenvalue weighted by molar-refractivity contribution is 0.161. The predicted octanol–water partition coefficient (Wildman–Crippen LogP) is 2.64. The molecule has 2 rings (SSSR count). The molecule has 2 aliphatic rings. The van der Waals surface area contributed by atoms with E-state index < -0.39 is 0 Å². The van der Waals surface area contributed by atoms with Crippen LogP contribution in [0.3, 0.4) is 0 Å². The van der Waals surface area contributed by atoms with E-state index in [-0.39, 0.29) is 0 Å². The van der Waals surface area contributed by atoms with Crippen LogP contribution in [0, 0.1) is 5.92 Å². The van der Waals surface area contributed by atoms with Crippen LogP contribution in [0.2, 0.25) is 0 Å². The van der Waals surface area contributed by atoms with Gasteiger partial charge in [0.25, 0.3) is 0 Å². The molecule has 1 N–H and O–H groups in total. The first-order valence-corrected chi connectivity index (χ1v) is 7.31. The van der Waals surface area contributed by atoms with E-state index in [0.29, 0.717) is 0 Å². The van der Waals surface area contributed by atoms with Gasteiger partial charge >= 0.3 is 0 Å². The van der Waals surface area contributed by atoms with Gasteiger partial charge in [-0.25, -0.2) is 0 Å². The Morgan fingerprint density at radius 1 is 1.06 bits per heavy atom. The molecule has 1 saturated heterocycles. The molecule has 0 aromatic heterocycles. The highest BCUT2D eigenvalue weighted by atomic mass is 15.2. The van der Waals surface area contributed by atoms with Crippen molar-refractivity contribution in [2.75, 3.05) is 26.2 Å². The van der Waals surface area contributed by atoms with Crippen LogP contribution in [0.5, 0.6) is 0 Å². The summed E-state index contributed by atoms with van der Waals surface area (Å²) in [7, 11) is 0. The van der Waals surface area contributed by atoms with Gasteiger partial charge in [-0.1, -0.05) is 19.3 Å². The second-order valence-electron chi connectivity index (χ2n) is 5.74. The zero-order chi connectivity index (χ0) is 11.2. The van der Waals surface area contributed by atoms with Gasteiger partial charge in [0.15, 0.2) is 0 Å². The Hall–Kier alpha value is -0.0800. The molecule has 2 nitrogen and oxygen atoms in total. The normalized spacial score (nSPS) is 28.7. The van der Waals surface area contributed by atoms with Gasteiger partial charge in [-0.3, -0.25) is 4.90 Å². The topological polar surface area (TPSA) is 15.3 Å². The summed E-state index contributed by atoms with van der Waals surface area (Å²) in [6, 6.07) is 0.821. The minimum Gasteiger partial charge on any atom is -0.315 e. The molecule has 2 fully saturated rings. The second-order valence-corrected chi connectivity index (χ2v) is 5.74. The van der Waals surface area contributed by atoms with Gasteiger partial charge in [-0.05, 0) is 51.6 Å². The Morgan fingerprint density at radius 2 is 1.81 bits per heavy atom. The van der Waals surface area contributed by atoms with Crippen LogP contribution in [-0.2, 0) is 0 Å². The minimum atomic E-state index is 0.821. The minimum absolute atomic E-state index is 0.821. The van der Waals surface area contributed by atoms with Crippen LogP contribution in [0.15, 0.2) is 0 Å². The largest absolute Gasteiger partial charge is 0.315 e. The molecule has 1 atom stereocenters. The first-order valence-electron chi connectivity index (χ1n) is 7.31. The fourth-order valence-corrected chi connectivity index (χ4v) is 3.23. The molecule has 1 saturated carbocycles. The number of rotatable bonds is 5. The summed E-state index contributed by atoms with van der Waals surface area (Å²) in [4.78, 5) is 2.66. The van der Waals surface area contributed by atoms with Crippen molar-refractivity contribution in [1.29, 1.82) is 0 Å². The lowest BCUT2D eigenvalue weighted by Crippen LogP contribution is -2.42. The van der Waals surface area contributed by atoms with Gasteiger partial charge in [0, 0.05) is 19.1 Å². The van der Waals surface area contributed by atoms with Crippen molar-refractivity contribution in [2.24, 2.45) is 5.92 Å². The Bertz CT molecular complexity index is 187. The Morgan fingerprint density at radius 3 is 2.56 bits per heavy atom. The Kier molecular flexibility index (Phi) is 5.11. The summed E-state index contributed by atoms with van der Waals surface area (Å²) in [5.74, 6) is 0.985. The van der Waals surface area contributed by atoms with Crippen LogP contribution in [0.25, 0.3) is 0 Å². The lowest BCUT2D eigenvalue weighted by atomic mass is 10.0. The Balaban J connectivity index is 1.53. The van der Waals surface area contributed by atoms with Crippen molar-refractivity contribution < 1.29 is 0 Å². The molecule has 1 aliphatic carbocycles. The van der Waals surface area contributed by atoms with Gasteiger partial charge < -0.3 is 5.32 Å². The molecule has 0 aromatic rings. The first kappa shape index (κ1) is 12.4. The van der Waals surface area contributed by atoms with E-state index in [1.54, 1.807) is 0 Å². The van der Waals surface area contributed by atoms with Gasteiger partial charge in [0.2, 0.25) is 0 Å². The number of hydrogen-bond donors (Lipinski definition) is 1. The van der Waals surface area contributed by atoms with E-state index in [4.69, 9.17) is 0 Å². The summed E-state index contributed by atoms with van der Waals surface area (Å²) < 4.78 is 0. The summed E-state index contributed by atoms with van der Waals surface area (Å²) >= 11 is 0. The van der Waals surface area contributed by atoms with E-state index in [2.05, 4.69) is 17.1 Å². The zero-order valence-electron chi connectivity index (χ0n) is 10.9. The lowest BCUT2D eigenvalue weighted by Gasteiger charge is -2.33. The fourth-order valence-electron chi connectivity index (χ4n) is 3.23. The third-order valence-electron chi connectivity index (χ3n) is 4.42. The fraction of sp³-hybridized carbons (Fsp3) is 1.00. The van der Waals surface area contributed by atoms with E-state index in [1.165, 1.54) is 71.1 Å². The highest BCUT2D eigenvalue weighted by Crippen LogP contribution is 2.23. The Labute approximate surface area is 101 Å². The van der Waals surface area contributed by atoms with Crippen molar-refractivity contribution >= 4 is 0 Å². The number of piperidine rings is 1. The van der Waals surface area contributed by atoms with Crippen LogP contribution in [-0.4, -0.2) is 37.1 Å². The molecule has 1 heterocycles. The van der Waals surface area contributed by atoms with Gasteiger partial charge in [0.05, 0.1) is 0 Å². The number of nitrogens with zero attached hydrogens (tertiary/aromatic N) is 1. The van der Waals surface area contributed by atoms with E-state index in [1.807, 2.05) is 0 Å². The molecule has 2 heteroatoms. The maximum Gasteiger partial charge on any atom is 0.0110 e. The highest BCUT2D eigenvalue weighted by Gasteiger charge is 2.18. The molecule has 0 bridgehead atoms. The highest BCUT2D eigenvalue weighted by molar-refractivity contribution is 4.74. The molecular formula is C14H28N2. The van der Waals surface area contributed by atoms with Gasteiger partial charge in [0.1, 0.15) is 0 Å². The number of nitrogens with one attached hydrogen (secondary N) is 1. The van der Waals surface area contributed by atoms with Gasteiger partial charge in [-0.15, -0.1) is 0 Å². The van der Waals surface area contributed by atoms with Crippen LogP contribution < -0.4 is 5.32 Å². The molecule has 1 unspecified atom stereocenters. The molecule has 16 heavy (non-hydrogen) atoms. The van der Waals surface area contributed by atoms with Gasteiger partial charge in [-0.2, -0.15) is 0 Å². The van der Waals surface area contributed by atoms with Crippen LogP contribution in [0.4, 0.5) is 0 Å². The van der Waals surface area contributed by atoms with E-state index in [0.717, 1.165) is 12.0 Å². The summed E-state index contributed by atoms with van der Waals surface area (Å²) in [6.07, 6.45) is 10.1. The third kappa shape index (κ3) is 3.74. The first-order chi connectivity index (χ1) is 7.86. The van der Waals surface area contributed by atoms with Crippen molar-refractivity contribution in [1.82, 2.24) is 10.2 Å². The summed E-state index contributed by atoms with van der Waals surface area (Å²) in [5.41, 5.74) is 0. The van der Waals surface area contributed by atoms with Crippen molar-refractivity contribution in [3.05, 3.63) is 0 Å². The van der Waals surface area contributed by atoms with Crippen LogP contribution >= 0.6 is 0 Å². The SMILES string of the molecule is CC1CCCCN1CCNCC1CCCC1. The maximum absolute atomic E-state index is 3.65. The predicted molar refractivity (Wildman–Crippen MR) is 69.7 cm³/mol. The molecule has 0 amide bonds. The average molecular weight is 224 g/mol. The average Bonchev–Trinajstić information content (AvgIpc) is 2.79. The monoisotopic (exact) mass is 224 g/mol. The molecule has 94 valence electrons. The third-order valence-corrected chi connectivity index (χ3v) is 4.42. The number of hydrogen-bond acceptors (Lipinski definition) is 2. The number of likely N-dealkylation sites (tertiary alicyclic amines) is 1. The summed E-state index contributed by atoms with van der Waals surface area (Å²) in [5, 5.41) is 3.65. The van der Waals surface area contributed by atoms with E-state index >= 15 is 0 Å². The smallest absolute Gasteiger partial charge is 0.0110 e. The molecule has 0 aromatic carbocycles. The van der Waals surface area contributed by atoms with Crippen molar-refractivity contribution in [3.8, 4) is 0 Å². The van der Waals surface area contributed by atoms with Crippen molar-refractivity contribution in [3.63, 3.8) is 0 Å². The molecule has 0 radical (unpaired) electrons. The maximum atomic E-state index is 3.65.